The summed E-state index contributed by atoms with van der Waals surface area (Å²) in [7, 11) is 1.77. The van der Waals surface area contributed by atoms with Crippen molar-refractivity contribution in [1.82, 2.24) is 4.98 Å². The number of ether oxygens (including phenoxy) is 2. The minimum atomic E-state index is 0.321. The van der Waals surface area contributed by atoms with Gasteiger partial charge in [-0.05, 0) is 25.7 Å². The molecule has 0 bridgehead atoms. The SMILES string of the molecule is COC1CCCC(OCc2cnc(N)s2)C1. The molecule has 1 aromatic rings. The third kappa shape index (κ3) is 3.17. The Morgan fingerprint density at radius 2 is 2.31 bits per heavy atom. The predicted molar refractivity (Wildman–Crippen MR) is 64.4 cm³/mol. The van der Waals surface area contributed by atoms with Gasteiger partial charge in [-0.15, -0.1) is 0 Å². The molecule has 1 saturated carbocycles. The number of anilines is 1. The smallest absolute Gasteiger partial charge is 0.180 e. The van der Waals surface area contributed by atoms with Gasteiger partial charge in [-0.3, -0.25) is 0 Å². The van der Waals surface area contributed by atoms with Gasteiger partial charge in [0.1, 0.15) is 0 Å². The van der Waals surface area contributed by atoms with Gasteiger partial charge < -0.3 is 15.2 Å². The molecule has 2 unspecified atom stereocenters. The molecule has 1 aliphatic carbocycles. The molecule has 4 nitrogen and oxygen atoms in total. The fourth-order valence-corrected chi connectivity index (χ4v) is 2.66. The molecule has 2 atom stereocenters. The fraction of sp³-hybridized carbons (Fsp3) is 0.727. The molecule has 0 amide bonds. The first-order chi connectivity index (χ1) is 7.78. The average Bonchev–Trinajstić information content (AvgIpc) is 2.73. The van der Waals surface area contributed by atoms with Gasteiger partial charge in [-0.1, -0.05) is 11.3 Å². The lowest BCUT2D eigenvalue weighted by Crippen LogP contribution is -2.27. The normalized spacial score (nSPS) is 25.8. The first-order valence-corrected chi connectivity index (χ1v) is 6.44. The van der Waals surface area contributed by atoms with Crippen molar-refractivity contribution in [3.05, 3.63) is 11.1 Å². The second-order valence-electron chi connectivity index (χ2n) is 4.12. The van der Waals surface area contributed by atoms with E-state index in [1.807, 2.05) is 0 Å². The van der Waals surface area contributed by atoms with E-state index in [9.17, 15) is 0 Å². The number of methoxy groups -OCH3 is 1. The van der Waals surface area contributed by atoms with Crippen LogP contribution in [-0.2, 0) is 16.1 Å². The summed E-state index contributed by atoms with van der Waals surface area (Å²) in [6.45, 7) is 0.621. The number of nitrogens with zero attached hydrogens (tertiary/aromatic N) is 1. The zero-order valence-corrected chi connectivity index (χ0v) is 10.3. The van der Waals surface area contributed by atoms with Gasteiger partial charge in [0, 0.05) is 13.3 Å². The van der Waals surface area contributed by atoms with Crippen LogP contribution in [0, 0.1) is 0 Å². The molecule has 1 fully saturated rings. The summed E-state index contributed by atoms with van der Waals surface area (Å²) < 4.78 is 11.2. The summed E-state index contributed by atoms with van der Waals surface area (Å²) in [6.07, 6.45) is 6.96. The van der Waals surface area contributed by atoms with Crippen molar-refractivity contribution in [2.75, 3.05) is 12.8 Å². The number of hydrogen-bond acceptors (Lipinski definition) is 5. The highest BCUT2D eigenvalue weighted by Gasteiger charge is 2.22. The van der Waals surface area contributed by atoms with Crippen molar-refractivity contribution in [3.63, 3.8) is 0 Å². The van der Waals surface area contributed by atoms with Gasteiger partial charge >= 0.3 is 0 Å². The minimum absolute atomic E-state index is 0.321. The molecule has 0 radical (unpaired) electrons. The summed E-state index contributed by atoms with van der Waals surface area (Å²) in [6, 6.07) is 0. The lowest BCUT2D eigenvalue weighted by Gasteiger charge is -2.27. The standard InChI is InChI=1S/C11H18N2O2S/c1-14-8-3-2-4-9(5-8)15-7-10-6-13-11(12)16-10/h6,8-9H,2-5,7H2,1H3,(H2,12,13). The third-order valence-electron chi connectivity index (χ3n) is 2.94. The van der Waals surface area contributed by atoms with Crippen molar-refractivity contribution in [2.45, 2.75) is 44.5 Å². The summed E-state index contributed by atoms with van der Waals surface area (Å²) in [5.74, 6) is 0. The Hall–Kier alpha value is -0.650. The van der Waals surface area contributed by atoms with Crippen LogP contribution in [0.15, 0.2) is 6.20 Å². The Bertz CT molecular complexity index is 330. The highest BCUT2D eigenvalue weighted by molar-refractivity contribution is 7.15. The zero-order valence-electron chi connectivity index (χ0n) is 9.52. The van der Waals surface area contributed by atoms with Crippen LogP contribution in [0.2, 0.25) is 0 Å². The van der Waals surface area contributed by atoms with E-state index in [0.717, 1.165) is 24.1 Å². The third-order valence-corrected chi connectivity index (χ3v) is 3.74. The van der Waals surface area contributed by atoms with Gasteiger partial charge in [0.15, 0.2) is 5.13 Å². The quantitative estimate of drug-likeness (QED) is 0.879. The van der Waals surface area contributed by atoms with Gasteiger partial charge in [0.2, 0.25) is 0 Å². The number of aromatic nitrogens is 1. The van der Waals surface area contributed by atoms with E-state index in [4.69, 9.17) is 15.2 Å². The number of rotatable bonds is 4. The van der Waals surface area contributed by atoms with Crippen LogP contribution < -0.4 is 5.73 Å². The van der Waals surface area contributed by atoms with E-state index >= 15 is 0 Å². The Morgan fingerprint density at radius 3 is 3.00 bits per heavy atom. The molecule has 0 saturated heterocycles. The maximum Gasteiger partial charge on any atom is 0.180 e. The number of nitrogen functional groups attached to an aromatic ring is 1. The Kier molecular flexibility index (Phi) is 4.15. The molecule has 2 rings (SSSR count). The van der Waals surface area contributed by atoms with Gasteiger partial charge in [0.25, 0.3) is 0 Å². The van der Waals surface area contributed by atoms with E-state index in [1.54, 1.807) is 13.3 Å². The average molecular weight is 242 g/mol. The van der Waals surface area contributed by atoms with E-state index < -0.39 is 0 Å². The lowest BCUT2D eigenvalue weighted by atomic mass is 9.95. The predicted octanol–water partition coefficient (Wildman–Crippen LogP) is 2.20. The summed E-state index contributed by atoms with van der Waals surface area (Å²) in [4.78, 5) is 5.10. The molecule has 1 heterocycles. The number of nitrogens with two attached hydrogens (primary N) is 1. The monoisotopic (exact) mass is 242 g/mol. The molecular weight excluding hydrogens is 224 g/mol. The van der Waals surface area contributed by atoms with Crippen LogP contribution >= 0.6 is 11.3 Å². The Balaban J connectivity index is 1.77. The van der Waals surface area contributed by atoms with Crippen LogP contribution in [0.5, 0.6) is 0 Å². The summed E-state index contributed by atoms with van der Waals surface area (Å²) in [5, 5.41) is 0.608. The van der Waals surface area contributed by atoms with Crippen LogP contribution in [-0.4, -0.2) is 24.3 Å². The highest BCUT2D eigenvalue weighted by Crippen LogP contribution is 2.25. The molecule has 0 spiro atoms. The summed E-state index contributed by atoms with van der Waals surface area (Å²) in [5.41, 5.74) is 5.56. The maximum atomic E-state index is 5.85. The van der Waals surface area contributed by atoms with Crippen LogP contribution in [0.25, 0.3) is 0 Å². The minimum Gasteiger partial charge on any atom is -0.381 e. The van der Waals surface area contributed by atoms with Crippen LogP contribution in [0.1, 0.15) is 30.6 Å². The topological polar surface area (TPSA) is 57.4 Å². The van der Waals surface area contributed by atoms with E-state index in [1.165, 1.54) is 17.8 Å². The Labute approximate surface area is 99.8 Å². The van der Waals surface area contributed by atoms with Crippen LogP contribution in [0.3, 0.4) is 0 Å². The van der Waals surface area contributed by atoms with E-state index in [2.05, 4.69) is 4.98 Å². The fourth-order valence-electron chi connectivity index (χ4n) is 2.06. The second kappa shape index (κ2) is 5.61. The van der Waals surface area contributed by atoms with E-state index in [0.29, 0.717) is 23.9 Å². The van der Waals surface area contributed by atoms with Gasteiger partial charge in [-0.2, -0.15) is 0 Å². The van der Waals surface area contributed by atoms with E-state index in [-0.39, 0.29) is 0 Å². The van der Waals surface area contributed by atoms with Crippen molar-refractivity contribution in [2.24, 2.45) is 0 Å². The molecule has 16 heavy (non-hydrogen) atoms. The second-order valence-corrected chi connectivity index (χ2v) is 5.27. The van der Waals surface area contributed by atoms with Crippen LogP contribution in [0.4, 0.5) is 5.13 Å². The maximum absolute atomic E-state index is 5.85. The molecule has 2 N–H and O–H groups in total. The molecule has 0 aliphatic heterocycles. The molecular formula is C11H18N2O2S. The Morgan fingerprint density at radius 1 is 1.50 bits per heavy atom. The molecule has 90 valence electrons. The van der Waals surface area contributed by atoms with Crippen molar-refractivity contribution >= 4 is 16.5 Å². The zero-order chi connectivity index (χ0) is 11.4. The highest BCUT2D eigenvalue weighted by atomic mass is 32.1. The van der Waals surface area contributed by atoms with Gasteiger partial charge in [-0.25, -0.2) is 4.98 Å². The summed E-state index contributed by atoms with van der Waals surface area (Å²) >= 11 is 1.49. The van der Waals surface area contributed by atoms with Crippen molar-refractivity contribution in [3.8, 4) is 0 Å². The largest absolute Gasteiger partial charge is 0.381 e. The van der Waals surface area contributed by atoms with Gasteiger partial charge in [0.05, 0.1) is 23.7 Å². The first kappa shape index (κ1) is 11.8. The van der Waals surface area contributed by atoms with Crippen molar-refractivity contribution < 1.29 is 9.47 Å². The lowest BCUT2D eigenvalue weighted by molar-refractivity contribution is -0.0356. The number of hydrogen-bond donors (Lipinski definition) is 1. The molecule has 1 aromatic heterocycles. The molecule has 1 aliphatic rings. The van der Waals surface area contributed by atoms with Crippen molar-refractivity contribution in [1.29, 1.82) is 0 Å². The molecule has 0 aromatic carbocycles. The first-order valence-electron chi connectivity index (χ1n) is 5.62. The number of thiazole rings is 1. The molecule has 5 heteroatoms.